The molecule has 0 saturated heterocycles. The molecular weight excluding hydrogens is 340 g/mol. The molecule has 0 aliphatic heterocycles. The Morgan fingerprint density at radius 1 is 1.53 bits per heavy atom. The molecule has 0 saturated carbocycles. The van der Waals surface area contributed by atoms with E-state index in [4.69, 9.17) is 0 Å². The van der Waals surface area contributed by atoms with Crippen LogP contribution in [-0.2, 0) is 4.79 Å². The Labute approximate surface area is 112 Å². The average molecular weight is 353 g/mol. The number of carbonyl (C=O) groups excluding carboxylic acids is 1. The zero-order valence-corrected chi connectivity index (χ0v) is 11.3. The largest absolute Gasteiger partial charge is 0.388 e. The highest BCUT2D eigenvalue weighted by Crippen LogP contribution is 2.25. The molecule has 0 radical (unpaired) electrons. The van der Waals surface area contributed by atoms with Gasteiger partial charge in [0.15, 0.2) is 0 Å². The quantitative estimate of drug-likeness (QED) is 0.707. The fourth-order valence-corrected chi connectivity index (χ4v) is 2.13. The van der Waals surface area contributed by atoms with Crippen LogP contribution in [0.3, 0.4) is 0 Å². The van der Waals surface area contributed by atoms with E-state index in [2.05, 4.69) is 5.32 Å². The molecule has 0 bridgehead atoms. The number of carbonyl (C=O) groups is 1. The van der Waals surface area contributed by atoms with Gasteiger partial charge in [-0.05, 0) is 34.7 Å². The zero-order valence-electron chi connectivity index (χ0n) is 9.15. The van der Waals surface area contributed by atoms with Gasteiger partial charge >= 0.3 is 0 Å². The first-order chi connectivity index (χ1) is 7.93. The topological polar surface area (TPSA) is 69.6 Å². The van der Waals surface area contributed by atoms with Crippen LogP contribution >= 0.6 is 22.6 Å². The van der Waals surface area contributed by atoms with Gasteiger partial charge in [-0.2, -0.15) is 0 Å². The van der Waals surface area contributed by atoms with Crippen LogP contribution in [0.1, 0.15) is 18.6 Å². The lowest BCUT2D eigenvalue weighted by Crippen LogP contribution is -2.34. The van der Waals surface area contributed by atoms with E-state index in [0.717, 1.165) is 0 Å². The Bertz CT molecular complexity index is 393. The summed E-state index contributed by atoms with van der Waals surface area (Å²) >= 11 is 1.88. The number of nitrogens with one attached hydrogen (secondary N) is 1. The van der Waals surface area contributed by atoms with Crippen molar-refractivity contribution in [2.24, 2.45) is 0 Å². The van der Waals surface area contributed by atoms with Crippen molar-refractivity contribution in [2.45, 2.75) is 19.1 Å². The van der Waals surface area contributed by atoms with Crippen molar-refractivity contribution in [3.05, 3.63) is 33.1 Å². The van der Waals surface area contributed by atoms with Crippen molar-refractivity contribution in [1.82, 2.24) is 5.32 Å². The van der Waals surface area contributed by atoms with Gasteiger partial charge in [0.2, 0.25) is 5.91 Å². The molecule has 3 N–H and O–H groups in total. The van der Waals surface area contributed by atoms with Crippen molar-refractivity contribution < 1.29 is 19.4 Å². The molecule has 0 aromatic heterocycles. The first-order valence-corrected chi connectivity index (χ1v) is 6.06. The maximum absolute atomic E-state index is 13.5. The van der Waals surface area contributed by atoms with Crippen molar-refractivity contribution >= 4 is 28.5 Å². The summed E-state index contributed by atoms with van der Waals surface area (Å²) in [6.07, 6.45) is -2.61. The fraction of sp³-hybridized carbons (Fsp3) is 0.364. The molecule has 1 rings (SSSR count). The molecule has 2 unspecified atom stereocenters. The lowest BCUT2D eigenvalue weighted by atomic mass is 10.0. The van der Waals surface area contributed by atoms with E-state index >= 15 is 0 Å². The highest BCUT2D eigenvalue weighted by molar-refractivity contribution is 14.1. The summed E-state index contributed by atoms with van der Waals surface area (Å²) in [5, 5.41) is 21.8. The predicted molar refractivity (Wildman–Crippen MR) is 68.8 cm³/mol. The smallest absolute Gasteiger partial charge is 0.216 e. The maximum atomic E-state index is 13.5. The van der Waals surface area contributed by atoms with Gasteiger partial charge in [0, 0.05) is 22.6 Å². The van der Waals surface area contributed by atoms with Crippen LogP contribution in [0.15, 0.2) is 18.2 Å². The molecule has 4 nitrogen and oxygen atoms in total. The Morgan fingerprint density at radius 2 is 2.18 bits per heavy atom. The molecule has 1 amide bonds. The van der Waals surface area contributed by atoms with Crippen LogP contribution in [0.2, 0.25) is 0 Å². The maximum Gasteiger partial charge on any atom is 0.216 e. The molecule has 0 spiro atoms. The van der Waals surface area contributed by atoms with Crippen LogP contribution in [-0.4, -0.2) is 28.8 Å². The van der Waals surface area contributed by atoms with Crippen LogP contribution in [0.5, 0.6) is 0 Å². The Kier molecular flexibility index (Phi) is 5.29. The summed E-state index contributed by atoms with van der Waals surface area (Å²) in [6, 6.07) is 4.37. The van der Waals surface area contributed by atoms with Crippen molar-refractivity contribution in [3.8, 4) is 0 Å². The van der Waals surface area contributed by atoms with Crippen LogP contribution < -0.4 is 5.32 Å². The number of benzene rings is 1. The minimum atomic E-state index is -1.37. The number of rotatable bonds is 4. The summed E-state index contributed by atoms with van der Waals surface area (Å²) in [4.78, 5) is 10.7. The summed E-state index contributed by atoms with van der Waals surface area (Å²) in [5.41, 5.74) is 0.0472. The predicted octanol–water partition coefficient (Wildman–Crippen LogP) is 0.961. The van der Waals surface area contributed by atoms with Gasteiger partial charge in [-0.15, -0.1) is 0 Å². The minimum absolute atomic E-state index is 0.0472. The van der Waals surface area contributed by atoms with Gasteiger partial charge in [0.1, 0.15) is 18.0 Å². The van der Waals surface area contributed by atoms with E-state index in [-0.39, 0.29) is 18.0 Å². The molecule has 2 atom stereocenters. The standard InChI is InChI=1S/C11H13FINO3/c1-6(15)14-5-9(16)11(17)10-7(12)3-2-4-8(10)13/h2-4,9,11,16-17H,5H2,1H3,(H,14,15). The van der Waals surface area contributed by atoms with E-state index in [0.29, 0.717) is 3.57 Å². The first-order valence-electron chi connectivity index (χ1n) is 4.98. The number of hydrogen-bond donors (Lipinski definition) is 3. The van der Waals surface area contributed by atoms with Crippen molar-refractivity contribution in [3.63, 3.8) is 0 Å². The highest BCUT2D eigenvalue weighted by atomic mass is 127. The van der Waals surface area contributed by atoms with Gasteiger partial charge in [-0.3, -0.25) is 4.79 Å². The lowest BCUT2D eigenvalue weighted by molar-refractivity contribution is -0.119. The molecule has 0 aliphatic rings. The van der Waals surface area contributed by atoms with E-state index in [1.165, 1.54) is 19.1 Å². The van der Waals surface area contributed by atoms with Crippen LogP contribution in [0.25, 0.3) is 0 Å². The van der Waals surface area contributed by atoms with Gasteiger partial charge in [0.25, 0.3) is 0 Å². The average Bonchev–Trinajstić information content (AvgIpc) is 2.25. The summed E-state index contributed by atoms with van der Waals surface area (Å²) in [6.45, 7) is 1.17. The van der Waals surface area contributed by atoms with Gasteiger partial charge < -0.3 is 15.5 Å². The van der Waals surface area contributed by atoms with E-state index in [1.807, 2.05) is 22.6 Å². The second kappa shape index (κ2) is 6.27. The molecule has 0 heterocycles. The molecule has 1 aromatic carbocycles. The van der Waals surface area contributed by atoms with Crippen molar-refractivity contribution in [2.75, 3.05) is 6.54 Å². The fourth-order valence-electron chi connectivity index (χ4n) is 1.35. The van der Waals surface area contributed by atoms with E-state index < -0.39 is 18.0 Å². The summed E-state index contributed by atoms with van der Waals surface area (Å²) < 4.78 is 14.0. The third kappa shape index (κ3) is 3.90. The van der Waals surface area contributed by atoms with Gasteiger partial charge in [-0.25, -0.2) is 4.39 Å². The number of aliphatic hydroxyl groups excluding tert-OH is 2. The first kappa shape index (κ1) is 14.3. The minimum Gasteiger partial charge on any atom is -0.388 e. The summed E-state index contributed by atoms with van der Waals surface area (Å²) in [5.74, 6) is -0.897. The number of aliphatic hydroxyl groups is 2. The molecule has 17 heavy (non-hydrogen) atoms. The molecule has 6 heteroatoms. The monoisotopic (exact) mass is 353 g/mol. The Morgan fingerprint density at radius 3 is 2.71 bits per heavy atom. The SMILES string of the molecule is CC(=O)NCC(O)C(O)c1c(F)cccc1I. The second-order valence-corrected chi connectivity index (χ2v) is 4.75. The van der Waals surface area contributed by atoms with E-state index in [9.17, 15) is 19.4 Å². The molecule has 94 valence electrons. The lowest BCUT2D eigenvalue weighted by Gasteiger charge is -2.19. The molecule has 0 fully saturated rings. The number of amides is 1. The summed E-state index contributed by atoms with van der Waals surface area (Å²) in [7, 11) is 0. The molecular formula is C11H13FINO3. The third-order valence-electron chi connectivity index (χ3n) is 2.22. The van der Waals surface area contributed by atoms with Crippen LogP contribution in [0, 0.1) is 9.39 Å². The molecule has 0 aliphatic carbocycles. The number of hydrogen-bond acceptors (Lipinski definition) is 3. The van der Waals surface area contributed by atoms with Crippen LogP contribution in [0.4, 0.5) is 4.39 Å². The van der Waals surface area contributed by atoms with Gasteiger partial charge in [-0.1, -0.05) is 6.07 Å². The van der Waals surface area contributed by atoms with E-state index in [1.54, 1.807) is 6.07 Å². The second-order valence-electron chi connectivity index (χ2n) is 3.58. The normalized spacial score (nSPS) is 14.2. The number of halogens is 2. The Balaban J connectivity index is 2.81. The highest BCUT2D eigenvalue weighted by Gasteiger charge is 2.23. The Hall–Kier alpha value is -0.730. The van der Waals surface area contributed by atoms with Crippen molar-refractivity contribution in [1.29, 1.82) is 0 Å². The zero-order chi connectivity index (χ0) is 13.0. The molecule has 1 aromatic rings. The van der Waals surface area contributed by atoms with Gasteiger partial charge in [0.05, 0.1) is 0 Å². The third-order valence-corrected chi connectivity index (χ3v) is 3.16.